The van der Waals surface area contributed by atoms with E-state index >= 15 is 0 Å². The molecule has 0 aliphatic carbocycles. The largest absolute Gasteiger partial charge is 0.493 e. The highest BCUT2D eigenvalue weighted by atomic mass is 32.2. The lowest BCUT2D eigenvalue weighted by molar-refractivity contribution is -0.113. The molecule has 0 bridgehead atoms. The van der Waals surface area contributed by atoms with Crippen molar-refractivity contribution in [1.29, 1.82) is 0 Å². The number of nitrogens with zero attached hydrogens (tertiary/aromatic N) is 1. The smallest absolute Gasteiger partial charge is 0.271 e. The Labute approximate surface area is 188 Å². The first-order valence-corrected chi connectivity index (χ1v) is 11.3. The molecule has 166 valence electrons. The van der Waals surface area contributed by atoms with Crippen molar-refractivity contribution in [2.45, 2.75) is 18.7 Å². The summed E-state index contributed by atoms with van der Waals surface area (Å²) < 4.78 is 38.1. The molecule has 3 rings (SSSR count). The fourth-order valence-corrected chi connectivity index (χ4v) is 4.46. The van der Waals surface area contributed by atoms with Gasteiger partial charge < -0.3 is 9.47 Å². The monoisotopic (exact) mass is 451 g/mol. The van der Waals surface area contributed by atoms with Crippen molar-refractivity contribution in [3.05, 3.63) is 89.5 Å². The molecule has 0 heterocycles. The number of anilines is 1. The number of carbonyl (C=O) groups excluding carboxylic acids is 1. The molecule has 0 saturated heterocycles. The molecule has 3 aromatic rings. The van der Waals surface area contributed by atoms with Crippen LogP contribution in [0.5, 0.6) is 11.5 Å². The number of hydrogen-bond donors (Lipinski definition) is 0. The molecular formula is C25H25NO5S. The van der Waals surface area contributed by atoms with Crippen molar-refractivity contribution >= 4 is 27.7 Å². The Hall–Kier alpha value is -3.58. The second-order valence-electron chi connectivity index (χ2n) is 7.20. The summed E-state index contributed by atoms with van der Waals surface area (Å²) >= 11 is 0. The number of methoxy groups -OCH3 is 2. The van der Waals surface area contributed by atoms with Gasteiger partial charge in [-0.15, -0.1) is 0 Å². The SMILES string of the molecule is COc1ccc(/C=C/C(=O)N(c2ccc(C)cc2)S(=O)(=O)c2ccc(C)cc2)cc1OC. The van der Waals surface area contributed by atoms with Crippen LogP contribution in [0, 0.1) is 13.8 Å². The molecule has 7 heteroatoms. The van der Waals surface area contributed by atoms with E-state index < -0.39 is 15.9 Å². The molecule has 0 radical (unpaired) electrons. The number of benzene rings is 3. The maximum atomic E-state index is 13.4. The lowest BCUT2D eigenvalue weighted by Gasteiger charge is -2.21. The quantitative estimate of drug-likeness (QED) is 0.485. The number of amides is 1. The number of rotatable bonds is 7. The van der Waals surface area contributed by atoms with Gasteiger partial charge >= 0.3 is 0 Å². The van der Waals surface area contributed by atoms with Crippen LogP contribution in [0.3, 0.4) is 0 Å². The minimum atomic E-state index is -4.12. The molecule has 0 spiro atoms. The maximum Gasteiger partial charge on any atom is 0.271 e. The van der Waals surface area contributed by atoms with Gasteiger partial charge in [-0.05, 0) is 61.9 Å². The average molecular weight is 452 g/mol. The minimum Gasteiger partial charge on any atom is -0.493 e. The van der Waals surface area contributed by atoms with E-state index in [2.05, 4.69) is 0 Å². The molecule has 0 fully saturated rings. The van der Waals surface area contributed by atoms with Crippen molar-refractivity contribution in [3.63, 3.8) is 0 Å². The average Bonchev–Trinajstić information content (AvgIpc) is 2.79. The summed E-state index contributed by atoms with van der Waals surface area (Å²) in [5.74, 6) is 0.369. The molecule has 32 heavy (non-hydrogen) atoms. The van der Waals surface area contributed by atoms with Crippen molar-refractivity contribution in [2.75, 3.05) is 18.5 Å². The van der Waals surface area contributed by atoms with Crippen LogP contribution in [0.1, 0.15) is 16.7 Å². The second-order valence-corrected chi connectivity index (χ2v) is 8.99. The molecule has 3 aromatic carbocycles. The third kappa shape index (κ3) is 5.00. The molecule has 6 nitrogen and oxygen atoms in total. The first kappa shape index (κ1) is 23.1. The molecule has 0 unspecified atom stereocenters. The van der Waals surface area contributed by atoms with E-state index in [1.54, 1.807) is 54.6 Å². The molecule has 0 aromatic heterocycles. The van der Waals surface area contributed by atoms with Gasteiger partial charge in [0.15, 0.2) is 11.5 Å². The van der Waals surface area contributed by atoms with E-state index in [4.69, 9.17) is 9.47 Å². The van der Waals surface area contributed by atoms with Crippen molar-refractivity contribution in [3.8, 4) is 11.5 Å². The number of sulfonamides is 1. The van der Waals surface area contributed by atoms with Gasteiger partial charge in [-0.3, -0.25) is 4.79 Å². The fourth-order valence-electron chi connectivity index (χ4n) is 3.07. The van der Waals surface area contributed by atoms with Gasteiger partial charge in [0.25, 0.3) is 15.9 Å². The van der Waals surface area contributed by atoms with Gasteiger partial charge in [-0.1, -0.05) is 41.5 Å². The fraction of sp³-hybridized carbons (Fsp3) is 0.160. The Morgan fingerprint density at radius 3 is 1.94 bits per heavy atom. The Bertz CT molecular complexity index is 1230. The number of carbonyl (C=O) groups is 1. The summed E-state index contributed by atoms with van der Waals surface area (Å²) in [6.07, 6.45) is 2.77. The van der Waals surface area contributed by atoms with Crippen LogP contribution in [0.15, 0.2) is 77.7 Å². The number of aryl methyl sites for hydroxylation is 2. The highest BCUT2D eigenvalue weighted by Crippen LogP contribution is 2.29. The van der Waals surface area contributed by atoms with E-state index in [1.165, 1.54) is 38.5 Å². The lowest BCUT2D eigenvalue weighted by Crippen LogP contribution is -2.35. The topological polar surface area (TPSA) is 72.9 Å². The molecule has 0 N–H and O–H groups in total. The Balaban J connectivity index is 2.01. The molecule has 0 aliphatic rings. The normalized spacial score (nSPS) is 11.4. The van der Waals surface area contributed by atoms with Crippen molar-refractivity contribution in [1.82, 2.24) is 0 Å². The van der Waals surface area contributed by atoms with Gasteiger partial charge in [0.2, 0.25) is 0 Å². The van der Waals surface area contributed by atoms with Crippen LogP contribution in [0.25, 0.3) is 6.08 Å². The zero-order valence-corrected chi connectivity index (χ0v) is 19.2. The van der Waals surface area contributed by atoms with E-state index in [-0.39, 0.29) is 10.6 Å². The highest BCUT2D eigenvalue weighted by Gasteiger charge is 2.29. The first-order chi connectivity index (χ1) is 15.3. The van der Waals surface area contributed by atoms with Crippen LogP contribution in [0.4, 0.5) is 5.69 Å². The number of hydrogen-bond acceptors (Lipinski definition) is 5. The van der Waals surface area contributed by atoms with E-state index in [0.29, 0.717) is 17.1 Å². The third-order valence-corrected chi connectivity index (χ3v) is 6.59. The zero-order chi connectivity index (χ0) is 23.3. The Morgan fingerprint density at radius 2 is 1.38 bits per heavy atom. The lowest BCUT2D eigenvalue weighted by atomic mass is 10.2. The van der Waals surface area contributed by atoms with Gasteiger partial charge in [0.1, 0.15) is 0 Å². The van der Waals surface area contributed by atoms with Crippen LogP contribution in [-0.2, 0) is 14.8 Å². The summed E-state index contributed by atoms with van der Waals surface area (Å²) in [6, 6.07) is 18.3. The van der Waals surface area contributed by atoms with Gasteiger partial charge in [-0.25, -0.2) is 8.42 Å². The molecular weight excluding hydrogens is 426 g/mol. The second kappa shape index (κ2) is 9.70. The molecule has 0 saturated carbocycles. The molecule has 0 atom stereocenters. The van der Waals surface area contributed by atoms with Crippen LogP contribution in [0.2, 0.25) is 0 Å². The molecule has 0 aliphatic heterocycles. The van der Waals surface area contributed by atoms with Gasteiger partial charge in [0.05, 0.1) is 24.8 Å². The summed E-state index contributed by atoms with van der Waals surface area (Å²) in [7, 11) is -1.07. The van der Waals surface area contributed by atoms with Gasteiger partial charge in [-0.2, -0.15) is 4.31 Å². The maximum absolute atomic E-state index is 13.4. The summed E-state index contributed by atoms with van der Waals surface area (Å²) in [5.41, 5.74) is 2.80. The zero-order valence-electron chi connectivity index (χ0n) is 18.4. The third-order valence-electron chi connectivity index (χ3n) is 4.85. The Kier molecular flexibility index (Phi) is 7.00. The van der Waals surface area contributed by atoms with E-state index in [0.717, 1.165) is 15.4 Å². The van der Waals surface area contributed by atoms with Crippen LogP contribution < -0.4 is 13.8 Å². The van der Waals surface area contributed by atoms with Gasteiger partial charge in [0, 0.05) is 6.08 Å². The summed E-state index contributed by atoms with van der Waals surface area (Å²) in [6.45, 7) is 3.76. The summed E-state index contributed by atoms with van der Waals surface area (Å²) in [5, 5.41) is 0. The van der Waals surface area contributed by atoms with Crippen molar-refractivity contribution < 1.29 is 22.7 Å². The number of ether oxygens (including phenoxy) is 2. The summed E-state index contributed by atoms with van der Waals surface area (Å²) in [4.78, 5) is 13.2. The standard InChI is InChI=1S/C25H25NO5S/c1-18-5-11-21(12-6-18)26(32(28,29)22-13-7-19(2)8-14-22)25(27)16-10-20-9-15-23(30-3)24(17-20)31-4/h5-17H,1-4H3/b16-10+. The first-order valence-electron chi connectivity index (χ1n) is 9.89. The van der Waals surface area contributed by atoms with Crippen LogP contribution in [-0.4, -0.2) is 28.5 Å². The minimum absolute atomic E-state index is 0.0385. The highest BCUT2D eigenvalue weighted by molar-refractivity contribution is 7.93. The van der Waals surface area contributed by atoms with E-state index in [9.17, 15) is 13.2 Å². The Morgan fingerprint density at radius 1 is 0.812 bits per heavy atom. The molecule has 1 amide bonds. The van der Waals surface area contributed by atoms with Crippen molar-refractivity contribution in [2.24, 2.45) is 0 Å². The predicted molar refractivity (Wildman–Crippen MR) is 126 cm³/mol. The predicted octanol–water partition coefficient (Wildman–Crippen LogP) is 4.76. The van der Waals surface area contributed by atoms with E-state index in [1.807, 2.05) is 13.8 Å². The van der Waals surface area contributed by atoms with Crippen LogP contribution >= 0.6 is 0 Å².